The van der Waals surface area contributed by atoms with Gasteiger partial charge in [-0.2, -0.15) is 18.2 Å². The van der Waals surface area contributed by atoms with E-state index in [1.54, 1.807) is 23.9 Å². The van der Waals surface area contributed by atoms with Gasteiger partial charge in [0.1, 0.15) is 5.82 Å². The third kappa shape index (κ3) is 4.18. The summed E-state index contributed by atoms with van der Waals surface area (Å²) in [6.07, 6.45) is -4.54. The number of nitrogens with one attached hydrogen (secondary N) is 1. The maximum atomic E-state index is 13.0. The molecule has 1 aromatic heterocycles. The highest BCUT2D eigenvalue weighted by Crippen LogP contribution is 2.31. The summed E-state index contributed by atoms with van der Waals surface area (Å²) in [5.74, 6) is 0.225. The number of hydrogen-bond donors (Lipinski definition) is 1. The zero-order chi connectivity index (χ0) is 17.9. The second-order valence-corrected chi connectivity index (χ2v) is 5.61. The highest BCUT2D eigenvalue weighted by Gasteiger charge is 2.35. The molecule has 1 N–H and O–H groups in total. The van der Waals surface area contributed by atoms with Crippen LogP contribution >= 0.6 is 0 Å². The van der Waals surface area contributed by atoms with Gasteiger partial charge in [0.2, 0.25) is 5.95 Å². The molecule has 2 rings (SSSR count). The van der Waals surface area contributed by atoms with Crippen LogP contribution in [0.4, 0.5) is 29.7 Å². The second kappa shape index (κ2) is 7.10. The van der Waals surface area contributed by atoms with Crippen LogP contribution in [-0.2, 0) is 6.18 Å². The minimum atomic E-state index is -4.54. The number of carbonyl (C=O) groups is 1. The molecule has 1 fully saturated rings. The van der Waals surface area contributed by atoms with Gasteiger partial charge < -0.3 is 20.0 Å². The fourth-order valence-corrected chi connectivity index (χ4v) is 2.31. The van der Waals surface area contributed by atoms with Crippen LogP contribution in [0.1, 0.15) is 12.6 Å². The molecule has 0 saturated carbocycles. The molecule has 1 aromatic rings. The number of nitrogens with zero attached hydrogens (tertiary/aromatic N) is 5. The topological polar surface area (TPSA) is 64.6 Å². The average molecular weight is 346 g/mol. The van der Waals surface area contributed by atoms with Crippen LogP contribution in [0.2, 0.25) is 0 Å². The Morgan fingerprint density at radius 1 is 1.25 bits per heavy atom. The van der Waals surface area contributed by atoms with Crippen molar-refractivity contribution in [1.29, 1.82) is 0 Å². The van der Waals surface area contributed by atoms with Crippen molar-refractivity contribution < 1.29 is 18.0 Å². The number of urea groups is 1. The fraction of sp³-hybridized carbons (Fsp3) is 0.643. The van der Waals surface area contributed by atoms with Gasteiger partial charge in [-0.1, -0.05) is 0 Å². The van der Waals surface area contributed by atoms with E-state index >= 15 is 0 Å². The summed E-state index contributed by atoms with van der Waals surface area (Å²) in [4.78, 5) is 24.4. The first-order chi connectivity index (χ1) is 11.2. The molecule has 0 radical (unpaired) electrons. The van der Waals surface area contributed by atoms with Crippen molar-refractivity contribution in [3.8, 4) is 0 Å². The fourth-order valence-electron chi connectivity index (χ4n) is 2.31. The lowest BCUT2D eigenvalue weighted by Gasteiger charge is -2.35. The van der Waals surface area contributed by atoms with E-state index < -0.39 is 11.9 Å². The standard InChI is InChI=1S/C14H21F3N6O/c1-4-18-13(24)23-7-5-22(6-8-23)12-19-10(14(15,16)17)9-11(20-12)21(2)3/h9H,4-8H2,1-3H3,(H,18,24). The number of carbonyl (C=O) groups excluding carboxylic acids is 1. The molecule has 2 heterocycles. The molecule has 0 aromatic carbocycles. The lowest BCUT2D eigenvalue weighted by molar-refractivity contribution is -0.141. The molecule has 0 atom stereocenters. The van der Waals surface area contributed by atoms with Gasteiger partial charge in [-0.15, -0.1) is 0 Å². The van der Waals surface area contributed by atoms with Gasteiger partial charge in [-0.05, 0) is 6.92 Å². The van der Waals surface area contributed by atoms with Crippen LogP contribution in [0.25, 0.3) is 0 Å². The molecule has 1 saturated heterocycles. The van der Waals surface area contributed by atoms with Crippen molar-refractivity contribution in [2.45, 2.75) is 13.1 Å². The zero-order valence-corrected chi connectivity index (χ0v) is 13.9. The predicted octanol–water partition coefficient (Wildman–Crippen LogP) is 1.41. The number of halogens is 3. The molecule has 0 unspecified atom stereocenters. The molecule has 0 bridgehead atoms. The summed E-state index contributed by atoms with van der Waals surface area (Å²) >= 11 is 0. The lowest BCUT2D eigenvalue weighted by Crippen LogP contribution is -2.52. The summed E-state index contributed by atoms with van der Waals surface area (Å²) in [6.45, 7) is 3.93. The van der Waals surface area contributed by atoms with E-state index in [1.807, 2.05) is 6.92 Å². The lowest BCUT2D eigenvalue weighted by atomic mass is 10.3. The molecule has 0 aliphatic carbocycles. The SMILES string of the molecule is CCNC(=O)N1CCN(c2nc(N(C)C)cc(C(F)(F)F)n2)CC1. The van der Waals surface area contributed by atoms with Crippen molar-refractivity contribution in [1.82, 2.24) is 20.2 Å². The summed E-state index contributed by atoms with van der Waals surface area (Å²) in [5, 5.41) is 2.70. The van der Waals surface area contributed by atoms with E-state index in [4.69, 9.17) is 0 Å². The Bertz CT molecular complexity index is 584. The molecule has 10 heteroatoms. The van der Waals surface area contributed by atoms with Crippen molar-refractivity contribution in [2.75, 3.05) is 56.6 Å². The molecule has 1 aliphatic heterocycles. The maximum absolute atomic E-state index is 13.0. The molecule has 134 valence electrons. The van der Waals surface area contributed by atoms with Gasteiger partial charge in [0, 0.05) is 52.9 Å². The summed E-state index contributed by atoms with van der Waals surface area (Å²) < 4.78 is 39.1. The van der Waals surface area contributed by atoms with Crippen LogP contribution in [0.15, 0.2) is 6.07 Å². The maximum Gasteiger partial charge on any atom is 0.433 e. The van der Waals surface area contributed by atoms with E-state index in [1.165, 1.54) is 4.90 Å². The third-order valence-corrected chi connectivity index (χ3v) is 3.63. The monoisotopic (exact) mass is 346 g/mol. The number of hydrogen-bond acceptors (Lipinski definition) is 5. The van der Waals surface area contributed by atoms with E-state index in [0.29, 0.717) is 32.7 Å². The van der Waals surface area contributed by atoms with Crippen molar-refractivity contribution in [2.24, 2.45) is 0 Å². The normalized spacial score (nSPS) is 15.4. The molecule has 2 amide bonds. The van der Waals surface area contributed by atoms with E-state index in [2.05, 4.69) is 15.3 Å². The average Bonchev–Trinajstić information content (AvgIpc) is 2.54. The Hall–Kier alpha value is -2.26. The molecule has 1 aliphatic rings. The van der Waals surface area contributed by atoms with Crippen LogP contribution in [0.5, 0.6) is 0 Å². The van der Waals surface area contributed by atoms with Crippen molar-refractivity contribution in [3.63, 3.8) is 0 Å². The van der Waals surface area contributed by atoms with Gasteiger partial charge >= 0.3 is 12.2 Å². The van der Waals surface area contributed by atoms with Crippen LogP contribution in [0, 0.1) is 0 Å². The quantitative estimate of drug-likeness (QED) is 0.897. The van der Waals surface area contributed by atoms with E-state index in [9.17, 15) is 18.0 Å². The minimum absolute atomic E-state index is 0.0316. The Morgan fingerprint density at radius 3 is 2.38 bits per heavy atom. The van der Waals surface area contributed by atoms with Gasteiger partial charge in [-0.3, -0.25) is 0 Å². The summed E-state index contributed by atoms with van der Waals surface area (Å²) in [5.41, 5.74) is -0.970. The number of anilines is 2. The minimum Gasteiger partial charge on any atom is -0.363 e. The largest absolute Gasteiger partial charge is 0.433 e. The number of piperazine rings is 1. The molecule has 7 nitrogen and oxygen atoms in total. The molecule has 24 heavy (non-hydrogen) atoms. The van der Waals surface area contributed by atoms with Crippen molar-refractivity contribution in [3.05, 3.63) is 11.8 Å². The molecule has 0 spiro atoms. The Labute approximate surface area is 138 Å². The Morgan fingerprint density at radius 2 is 1.88 bits per heavy atom. The molecular weight excluding hydrogens is 325 g/mol. The highest BCUT2D eigenvalue weighted by atomic mass is 19.4. The van der Waals surface area contributed by atoms with E-state index in [-0.39, 0.29) is 17.8 Å². The molecular formula is C14H21F3N6O. The predicted molar refractivity (Wildman–Crippen MR) is 84.2 cm³/mol. The van der Waals surface area contributed by atoms with E-state index in [0.717, 1.165) is 6.07 Å². The van der Waals surface area contributed by atoms with Gasteiger partial charge in [0.05, 0.1) is 0 Å². The zero-order valence-electron chi connectivity index (χ0n) is 13.9. The van der Waals surface area contributed by atoms with Gasteiger partial charge in [-0.25, -0.2) is 9.78 Å². The summed E-state index contributed by atoms with van der Waals surface area (Å²) in [7, 11) is 3.25. The highest BCUT2D eigenvalue weighted by molar-refractivity contribution is 5.74. The number of rotatable bonds is 3. The van der Waals surface area contributed by atoms with Crippen molar-refractivity contribution >= 4 is 17.8 Å². The Kier molecular flexibility index (Phi) is 5.35. The number of amides is 2. The van der Waals surface area contributed by atoms with Crippen LogP contribution in [-0.4, -0.2) is 67.7 Å². The first-order valence-electron chi connectivity index (χ1n) is 7.63. The summed E-state index contributed by atoms with van der Waals surface area (Å²) in [6, 6.07) is 0.755. The number of aromatic nitrogens is 2. The van der Waals surface area contributed by atoms with Gasteiger partial charge in [0.15, 0.2) is 5.69 Å². The Balaban J connectivity index is 2.18. The smallest absolute Gasteiger partial charge is 0.363 e. The van der Waals surface area contributed by atoms with Crippen LogP contribution in [0.3, 0.4) is 0 Å². The first-order valence-corrected chi connectivity index (χ1v) is 7.63. The van der Waals surface area contributed by atoms with Gasteiger partial charge in [0.25, 0.3) is 0 Å². The number of alkyl halides is 3. The van der Waals surface area contributed by atoms with Crippen LogP contribution < -0.4 is 15.1 Å². The third-order valence-electron chi connectivity index (χ3n) is 3.63. The second-order valence-electron chi connectivity index (χ2n) is 5.61. The first kappa shape index (κ1) is 18.1.